The summed E-state index contributed by atoms with van der Waals surface area (Å²) in [6, 6.07) is 9.82. The number of nitrogens with zero attached hydrogens (tertiary/aromatic N) is 1. The Morgan fingerprint density at radius 1 is 1.32 bits per heavy atom. The van der Waals surface area contributed by atoms with Crippen molar-refractivity contribution in [2.24, 2.45) is 5.41 Å². The van der Waals surface area contributed by atoms with Crippen LogP contribution in [0.15, 0.2) is 30.3 Å². The summed E-state index contributed by atoms with van der Waals surface area (Å²) in [5.41, 5.74) is 0.532. The second-order valence-corrected chi connectivity index (χ2v) is 5.81. The smallest absolute Gasteiger partial charge is 0.312 e. The zero-order valence-corrected chi connectivity index (χ0v) is 11.6. The Labute approximate surface area is 113 Å². The molecule has 4 heteroatoms. The summed E-state index contributed by atoms with van der Waals surface area (Å²) in [6.45, 7) is 5.42. The third kappa shape index (κ3) is 2.95. The van der Waals surface area contributed by atoms with Crippen molar-refractivity contribution >= 4 is 11.9 Å². The molecular weight excluding hydrogens is 242 g/mol. The van der Waals surface area contributed by atoms with Gasteiger partial charge in [-0.1, -0.05) is 30.3 Å². The first kappa shape index (κ1) is 13.6. The third-order valence-corrected chi connectivity index (χ3v) is 3.20. The molecule has 0 aromatic heterocycles. The molecule has 102 valence electrons. The van der Waals surface area contributed by atoms with Crippen molar-refractivity contribution in [1.82, 2.24) is 4.90 Å². The van der Waals surface area contributed by atoms with Crippen LogP contribution in [0.4, 0.5) is 0 Å². The lowest BCUT2D eigenvalue weighted by Gasteiger charge is -2.40. The first-order chi connectivity index (χ1) is 8.89. The Morgan fingerprint density at radius 3 is 2.47 bits per heavy atom. The van der Waals surface area contributed by atoms with E-state index in [4.69, 9.17) is 4.74 Å². The summed E-state index contributed by atoms with van der Waals surface area (Å²) in [5, 5.41) is 0. The van der Waals surface area contributed by atoms with E-state index < -0.39 is 5.41 Å². The van der Waals surface area contributed by atoms with Gasteiger partial charge in [-0.25, -0.2) is 0 Å². The van der Waals surface area contributed by atoms with Gasteiger partial charge in [0.2, 0.25) is 5.91 Å². The number of β-lactam (4-membered cyclic amide) rings is 1. The third-order valence-electron chi connectivity index (χ3n) is 3.20. The van der Waals surface area contributed by atoms with Gasteiger partial charge in [0.25, 0.3) is 0 Å². The van der Waals surface area contributed by atoms with Gasteiger partial charge in [0.15, 0.2) is 6.73 Å². The number of amides is 1. The molecule has 0 spiro atoms. The molecule has 1 atom stereocenters. The summed E-state index contributed by atoms with van der Waals surface area (Å²) < 4.78 is 5.20. The predicted molar refractivity (Wildman–Crippen MR) is 71.1 cm³/mol. The highest BCUT2D eigenvalue weighted by molar-refractivity contribution is 5.84. The van der Waals surface area contributed by atoms with E-state index in [1.165, 1.54) is 0 Å². The molecule has 1 heterocycles. The van der Waals surface area contributed by atoms with Crippen LogP contribution in [0, 0.1) is 5.41 Å². The van der Waals surface area contributed by atoms with E-state index in [0.717, 1.165) is 5.56 Å². The SMILES string of the molecule is CC(C)(C)C(=O)OCN1C(=O)CC1c1ccccc1. The van der Waals surface area contributed by atoms with E-state index in [1.807, 2.05) is 30.3 Å². The molecule has 1 aliphatic rings. The maximum atomic E-state index is 11.7. The van der Waals surface area contributed by atoms with Gasteiger partial charge >= 0.3 is 5.97 Å². The molecule has 1 unspecified atom stereocenters. The van der Waals surface area contributed by atoms with Gasteiger partial charge in [0.05, 0.1) is 17.9 Å². The van der Waals surface area contributed by atoms with Gasteiger partial charge < -0.3 is 9.64 Å². The Hall–Kier alpha value is -1.84. The van der Waals surface area contributed by atoms with Gasteiger partial charge in [0, 0.05) is 0 Å². The summed E-state index contributed by atoms with van der Waals surface area (Å²) in [5.74, 6) is -0.269. The summed E-state index contributed by atoms with van der Waals surface area (Å²) in [7, 11) is 0. The maximum Gasteiger partial charge on any atom is 0.312 e. The van der Waals surface area contributed by atoms with Crippen molar-refractivity contribution < 1.29 is 14.3 Å². The number of ether oxygens (including phenoxy) is 1. The van der Waals surface area contributed by atoms with E-state index >= 15 is 0 Å². The van der Waals surface area contributed by atoms with Gasteiger partial charge in [-0.05, 0) is 26.3 Å². The zero-order chi connectivity index (χ0) is 14.0. The Bertz CT molecular complexity index is 476. The molecule has 0 radical (unpaired) electrons. The molecule has 0 aliphatic carbocycles. The largest absolute Gasteiger partial charge is 0.444 e. The zero-order valence-electron chi connectivity index (χ0n) is 11.6. The molecule has 19 heavy (non-hydrogen) atoms. The topological polar surface area (TPSA) is 46.6 Å². The summed E-state index contributed by atoms with van der Waals surface area (Å²) in [4.78, 5) is 24.9. The van der Waals surface area contributed by atoms with Crippen molar-refractivity contribution in [3.8, 4) is 0 Å². The average Bonchev–Trinajstić information content (AvgIpc) is 2.35. The Morgan fingerprint density at radius 2 is 1.95 bits per heavy atom. The number of hydrogen-bond acceptors (Lipinski definition) is 3. The molecule has 1 aliphatic heterocycles. The van der Waals surface area contributed by atoms with E-state index in [-0.39, 0.29) is 24.6 Å². The number of benzene rings is 1. The molecule has 1 aromatic carbocycles. The second-order valence-electron chi connectivity index (χ2n) is 5.81. The fourth-order valence-corrected chi connectivity index (χ4v) is 1.93. The van der Waals surface area contributed by atoms with E-state index in [0.29, 0.717) is 6.42 Å². The van der Waals surface area contributed by atoms with Crippen LogP contribution in [0.25, 0.3) is 0 Å². The van der Waals surface area contributed by atoms with Crippen LogP contribution < -0.4 is 0 Å². The number of likely N-dealkylation sites (tertiary alicyclic amines) is 1. The van der Waals surface area contributed by atoms with Crippen molar-refractivity contribution in [3.05, 3.63) is 35.9 Å². The van der Waals surface area contributed by atoms with Gasteiger partial charge in [-0.15, -0.1) is 0 Å². The number of carbonyl (C=O) groups excluding carboxylic acids is 2. The maximum absolute atomic E-state index is 11.7. The molecule has 0 saturated carbocycles. The van der Waals surface area contributed by atoms with Crippen LogP contribution in [0.2, 0.25) is 0 Å². The van der Waals surface area contributed by atoms with Crippen LogP contribution in [0.5, 0.6) is 0 Å². The highest BCUT2D eigenvalue weighted by Crippen LogP contribution is 2.34. The van der Waals surface area contributed by atoms with Crippen molar-refractivity contribution in [2.45, 2.75) is 33.2 Å². The minimum atomic E-state index is -0.545. The minimum absolute atomic E-state index is 0.0237. The standard InChI is InChI=1S/C15H19NO3/c1-15(2,3)14(18)19-10-16-12(9-13(16)17)11-7-5-4-6-8-11/h4-8,12H,9-10H2,1-3H3. The van der Waals surface area contributed by atoms with Crippen LogP contribution >= 0.6 is 0 Å². The lowest BCUT2D eigenvalue weighted by molar-refractivity contribution is -0.170. The number of esters is 1. The number of carbonyl (C=O) groups is 2. The summed E-state index contributed by atoms with van der Waals surface area (Å²) >= 11 is 0. The molecular formula is C15H19NO3. The lowest BCUT2D eigenvalue weighted by atomic mass is 9.94. The molecule has 4 nitrogen and oxygen atoms in total. The van der Waals surface area contributed by atoms with E-state index in [9.17, 15) is 9.59 Å². The highest BCUT2D eigenvalue weighted by Gasteiger charge is 2.38. The molecule has 0 N–H and O–H groups in total. The van der Waals surface area contributed by atoms with E-state index in [2.05, 4.69) is 0 Å². The van der Waals surface area contributed by atoms with Crippen LogP contribution in [0.1, 0.15) is 38.8 Å². The quantitative estimate of drug-likeness (QED) is 0.620. The van der Waals surface area contributed by atoms with Crippen molar-refractivity contribution in [3.63, 3.8) is 0 Å². The van der Waals surface area contributed by atoms with Crippen molar-refractivity contribution in [2.75, 3.05) is 6.73 Å². The first-order valence-corrected chi connectivity index (χ1v) is 6.41. The second kappa shape index (κ2) is 5.03. The molecule has 0 bridgehead atoms. The van der Waals surface area contributed by atoms with E-state index in [1.54, 1.807) is 25.7 Å². The van der Waals surface area contributed by atoms with Gasteiger partial charge in [0.1, 0.15) is 0 Å². The molecule has 1 saturated heterocycles. The van der Waals surface area contributed by atoms with Crippen molar-refractivity contribution in [1.29, 1.82) is 0 Å². The Balaban J connectivity index is 1.96. The normalized spacial score (nSPS) is 19.0. The predicted octanol–water partition coefficient (Wildman–Crippen LogP) is 2.51. The highest BCUT2D eigenvalue weighted by atomic mass is 16.5. The minimum Gasteiger partial charge on any atom is -0.444 e. The van der Waals surface area contributed by atoms with Crippen LogP contribution in [-0.2, 0) is 14.3 Å². The molecule has 1 amide bonds. The fourth-order valence-electron chi connectivity index (χ4n) is 1.93. The number of rotatable bonds is 3. The van der Waals surface area contributed by atoms with Crippen LogP contribution in [0.3, 0.4) is 0 Å². The van der Waals surface area contributed by atoms with Gasteiger partial charge in [-0.3, -0.25) is 9.59 Å². The monoisotopic (exact) mass is 261 g/mol. The molecule has 1 fully saturated rings. The number of hydrogen-bond donors (Lipinski definition) is 0. The van der Waals surface area contributed by atoms with Gasteiger partial charge in [-0.2, -0.15) is 0 Å². The molecule has 1 aromatic rings. The fraction of sp³-hybridized carbons (Fsp3) is 0.467. The Kier molecular flexibility index (Phi) is 3.60. The van der Waals surface area contributed by atoms with Crippen LogP contribution in [-0.4, -0.2) is 23.5 Å². The first-order valence-electron chi connectivity index (χ1n) is 6.41. The summed E-state index contributed by atoms with van der Waals surface area (Å²) in [6.07, 6.45) is 0.483. The lowest BCUT2D eigenvalue weighted by Crippen LogP contribution is -2.48. The molecule has 2 rings (SSSR count). The average molecular weight is 261 g/mol.